The first kappa shape index (κ1) is 16.6. The number of hydrogen-bond donors (Lipinski definition) is 0. The minimum atomic E-state index is 0.387. The summed E-state index contributed by atoms with van der Waals surface area (Å²) in [6.45, 7) is 6.37. The molecule has 1 aromatic carbocycles. The van der Waals surface area contributed by atoms with E-state index in [1.165, 1.54) is 19.4 Å². The molecule has 132 valence electrons. The number of benzene rings is 1. The fraction of sp³-hybridized carbons (Fsp3) is 0.474. The number of nitrogens with zero attached hydrogens (tertiary/aromatic N) is 4. The number of halogens is 1. The Kier molecular flexibility index (Phi) is 4.29. The molecule has 3 heterocycles. The lowest BCUT2D eigenvalue weighted by Crippen LogP contribution is -2.30. The van der Waals surface area contributed by atoms with Gasteiger partial charge in [0, 0.05) is 25.0 Å². The Morgan fingerprint density at radius 2 is 2.00 bits per heavy atom. The van der Waals surface area contributed by atoms with E-state index >= 15 is 0 Å². The molecule has 2 saturated heterocycles. The van der Waals surface area contributed by atoms with Crippen LogP contribution in [0.5, 0.6) is 11.5 Å². The van der Waals surface area contributed by atoms with Crippen LogP contribution in [-0.4, -0.2) is 48.1 Å². The van der Waals surface area contributed by atoms with Gasteiger partial charge in [-0.25, -0.2) is 9.97 Å². The molecule has 2 fully saturated rings. The third-order valence-corrected chi connectivity index (χ3v) is 5.63. The first-order valence-corrected chi connectivity index (χ1v) is 9.10. The Hall–Kier alpha value is -1.85. The van der Waals surface area contributed by atoms with E-state index in [1.807, 2.05) is 25.1 Å². The average Bonchev–Trinajstić information content (AvgIpc) is 3.17. The molecule has 0 bridgehead atoms. The van der Waals surface area contributed by atoms with Crippen LogP contribution in [0.25, 0.3) is 0 Å². The molecule has 0 N–H and O–H groups in total. The van der Waals surface area contributed by atoms with Gasteiger partial charge in [0.25, 0.3) is 0 Å². The molecule has 2 aliphatic heterocycles. The van der Waals surface area contributed by atoms with E-state index in [1.54, 1.807) is 12.5 Å². The SMILES string of the molecule is Cc1ccc(Oc2cncnc2N2CCC3(CCN(C)C3)C2)c(Cl)c1. The first-order chi connectivity index (χ1) is 12.0. The van der Waals surface area contributed by atoms with Gasteiger partial charge in [0.1, 0.15) is 12.1 Å². The smallest absolute Gasteiger partial charge is 0.188 e. The molecule has 0 amide bonds. The van der Waals surface area contributed by atoms with E-state index in [2.05, 4.69) is 26.8 Å². The quantitative estimate of drug-likeness (QED) is 0.835. The van der Waals surface area contributed by atoms with Gasteiger partial charge in [-0.3, -0.25) is 0 Å². The standard InChI is InChI=1S/C19H23ClN4O/c1-14-3-4-16(15(20)9-14)25-17-10-21-13-22-18(17)24-8-6-19(12-24)5-7-23(2)11-19/h3-4,9-10,13H,5-8,11-12H2,1-2H3. The zero-order valence-electron chi connectivity index (χ0n) is 14.7. The molecule has 6 heteroatoms. The molecule has 0 radical (unpaired) electrons. The van der Waals surface area contributed by atoms with Crippen LogP contribution in [-0.2, 0) is 0 Å². The lowest BCUT2D eigenvalue weighted by molar-refractivity contribution is 0.311. The van der Waals surface area contributed by atoms with Crippen molar-refractivity contribution in [1.29, 1.82) is 0 Å². The summed E-state index contributed by atoms with van der Waals surface area (Å²) in [5.74, 6) is 2.16. The minimum absolute atomic E-state index is 0.387. The van der Waals surface area contributed by atoms with Gasteiger partial charge < -0.3 is 14.5 Å². The van der Waals surface area contributed by atoms with Gasteiger partial charge in [-0.15, -0.1) is 0 Å². The number of aryl methyl sites for hydroxylation is 1. The Balaban J connectivity index is 1.57. The molecule has 4 rings (SSSR count). The lowest BCUT2D eigenvalue weighted by atomic mass is 9.86. The molecule has 0 aliphatic carbocycles. The van der Waals surface area contributed by atoms with Gasteiger partial charge in [0.15, 0.2) is 11.6 Å². The van der Waals surface area contributed by atoms with Crippen molar-refractivity contribution in [2.75, 3.05) is 38.1 Å². The fourth-order valence-corrected chi connectivity index (χ4v) is 4.31. The van der Waals surface area contributed by atoms with Crippen molar-refractivity contribution in [2.24, 2.45) is 5.41 Å². The topological polar surface area (TPSA) is 41.5 Å². The van der Waals surface area contributed by atoms with E-state index in [4.69, 9.17) is 16.3 Å². The van der Waals surface area contributed by atoms with Gasteiger partial charge in [0.05, 0.1) is 11.2 Å². The molecule has 2 aromatic rings. The van der Waals surface area contributed by atoms with Gasteiger partial charge in [-0.2, -0.15) is 0 Å². The summed E-state index contributed by atoms with van der Waals surface area (Å²) >= 11 is 6.32. The molecular weight excluding hydrogens is 336 g/mol. The fourth-order valence-electron chi connectivity index (χ4n) is 4.03. The van der Waals surface area contributed by atoms with Crippen molar-refractivity contribution < 1.29 is 4.74 Å². The third-order valence-electron chi connectivity index (χ3n) is 5.33. The normalized spacial score (nSPS) is 23.6. The Labute approximate surface area is 153 Å². The summed E-state index contributed by atoms with van der Waals surface area (Å²) in [6, 6.07) is 5.79. The second-order valence-electron chi connectivity index (χ2n) is 7.41. The van der Waals surface area contributed by atoms with Crippen molar-refractivity contribution in [3.05, 3.63) is 41.3 Å². The van der Waals surface area contributed by atoms with Gasteiger partial charge in [-0.05, 0) is 51.1 Å². The Morgan fingerprint density at radius 1 is 1.16 bits per heavy atom. The van der Waals surface area contributed by atoms with Crippen molar-refractivity contribution in [2.45, 2.75) is 19.8 Å². The van der Waals surface area contributed by atoms with Crippen LogP contribution in [0.4, 0.5) is 5.82 Å². The Bertz CT molecular complexity index is 784. The Morgan fingerprint density at radius 3 is 2.76 bits per heavy atom. The lowest BCUT2D eigenvalue weighted by Gasteiger charge is -2.25. The molecular formula is C19H23ClN4O. The van der Waals surface area contributed by atoms with Crippen LogP contribution in [0.15, 0.2) is 30.7 Å². The van der Waals surface area contributed by atoms with Crippen LogP contribution in [0, 0.1) is 12.3 Å². The first-order valence-electron chi connectivity index (χ1n) is 8.72. The zero-order chi connectivity index (χ0) is 17.4. The van der Waals surface area contributed by atoms with Crippen LogP contribution in [0.2, 0.25) is 5.02 Å². The third kappa shape index (κ3) is 3.31. The van der Waals surface area contributed by atoms with E-state index in [9.17, 15) is 0 Å². The van der Waals surface area contributed by atoms with Crippen molar-refractivity contribution in [1.82, 2.24) is 14.9 Å². The second kappa shape index (κ2) is 6.46. The summed E-state index contributed by atoms with van der Waals surface area (Å²) < 4.78 is 6.07. The van der Waals surface area contributed by atoms with Crippen molar-refractivity contribution in [3.8, 4) is 11.5 Å². The molecule has 2 aliphatic rings. The highest BCUT2D eigenvalue weighted by Crippen LogP contribution is 2.42. The highest BCUT2D eigenvalue weighted by molar-refractivity contribution is 6.32. The number of likely N-dealkylation sites (tertiary alicyclic amines) is 1. The van der Waals surface area contributed by atoms with Crippen LogP contribution >= 0.6 is 11.6 Å². The molecule has 1 aromatic heterocycles. The summed E-state index contributed by atoms with van der Waals surface area (Å²) in [7, 11) is 2.20. The molecule has 1 atom stereocenters. The predicted molar refractivity (Wildman–Crippen MR) is 99.7 cm³/mol. The number of aromatic nitrogens is 2. The molecule has 1 spiro atoms. The maximum Gasteiger partial charge on any atom is 0.188 e. The predicted octanol–water partition coefficient (Wildman–Crippen LogP) is 3.76. The number of rotatable bonds is 3. The largest absolute Gasteiger partial charge is 0.450 e. The summed E-state index contributed by atoms with van der Waals surface area (Å²) in [6.07, 6.45) is 5.77. The van der Waals surface area contributed by atoms with Gasteiger partial charge in [0.2, 0.25) is 0 Å². The van der Waals surface area contributed by atoms with E-state index in [0.29, 0.717) is 21.9 Å². The molecule has 0 saturated carbocycles. The maximum absolute atomic E-state index is 6.32. The zero-order valence-corrected chi connectivity index (χ0v) is 15.5. The monoisotopic (exact) mass is 358 g/mol. The number of hydrogen-bond acceptors (Lipinski definition) is 5. The van der Waals surface area contributed by atoms with Gasteiger partial charge >= 0.3 is 0 Å². The second-order valence-corrected chi connectivity index (χ2v) is 7.81. The van der Waals surface area contributed by atoms with Gasteiger partial charge in [-0.1, -0.05) is 17.7 Å². The van der Waals surface area contributed by atoms with Crippen LogP contribution < -0.4 is 9.64 Å². The highest BCUT2D eigenvalue weighted by atomic mass is 35.5. The van der Waals surface area contributed by atoms with Crippen molar-refractivity contribution >= 4 is 17.4 Å². The number of anilines is 1. The highest BCUT2D eigenvalue weighted by Gasteiger charge is 2.43. The summed E-state index contributed by atoms with van der Waals surface area (Å²) in [5.41, 5.74) is 1.49. The van der Waals surface area contributed by atoms with Crippen LogP contribution in [0.1, 0.15) is 18.4 Å². The minimum Gasteiger partial charge on any atom is -0.450 e. The average molecular weight is 359 g/mol. The van der Waals surface area contributed by atoms with Crippen molar-refractivity contribution in [3.63, 3.8) is 0 Å². The molecule has 1 unspecified atom stereocenters. The molecule has 25 heavy (non-hydrogen) atoms. The van der Waals surface area contributed by atoms with E-state index in [0.717, 1.165) is 31.0 Å². The summed E-state index contributed by atoms with van der Waals surface area (Å²) in [4.78, 5) is 13.4. The molecule has 5 nitrogen and oxygen atoms in total. The summed E-state index contributed by atoms with van der Waals surface area (Å²) in [5, 5.41) is 0.602. The maximum atomic E-state index is 6.32. The van der Waals surface area contributed by atoms with E-state index < -0.39 is 0 Å². The van der Waals surface area contributed by atoms with E-state index in [-0.39, 0.29) is 0 Å². The number of ether oxygens (including phenoxy) is 1. The van der Waals surface area contributed by atoms with Crippen LogP contribution in [0.3, 0.4) is 0 Å².